The first-order chi connectivity index (χ1) is 13.2. The highest BCUT2D eigenvalue weighted by Crippen LogP contribution is 2.57. The van der Waals surface area contributed by atoms with Crippen molar-refractivity contribution in [3.8, 4) is 0 Å². The summed E-state index contributed by atoms with van der Waals surface area (Å²) >= 11 is 0. The number of aliphatic carboxylic acids is 1. The SMILES string of the molecule is CC(C)c1ccc2c(c1)CC[C@@H]1[C@@](C)(CNC(=O)/C=C/C(=O)O)CCC[C@]21C. The topological polar surface area (TPSA) is 66.4 Å². The molecule has 28 heavy (non-hydrogen) atoms. The molecule has 0 heterocycles. The maximum atomic E-state index is 12.0. The molecule has 0 aliphatic heterocycles. The number of carboxylic acid groups (broad SMARTS) is 1. The summed E-state index contributed by atoms with van der Waals surface area (Å²) in [6.07, 6.45) is 7.67. The summed E-state index contributed by atoms with van der Waals surface area (Å²) in [5.74, 6) is -0.374. The Bertz CT molecular complexity index is 797. The second-order valence-corrected chi connectivity index (χ2v) is 9.48. The van der Waals surface area contributed by atoms with Gasteiger partial charge in [-0.3, -0.25) is 4.79 Å². The molecule has 1 amide bonds. The average Bonchev–Trinajstić information content (AvgIpc) is 2.64. The summed E-state index contributed by atoms with van der Waals surface area (Å²) in [5, 5.41) is 11.7. The zero-order valence-corrected chi connectivity index (χ0v) is 17.5. The third kappa shape index (κ3) is 3.87. The molecule has 3 atom stereocenters. The lowest BCUT2D eigenvalue weighted by atomic mass is 9.49. The maximum Gasteiger partial charge on any atom is 0.328 e. The Balaban J connectivity index is 1.82. The van der Waals surface area contributed by atoms with Crippen LogP contribution in [-0.4, -0.2) is 23.5 Å². The summed E-state index contributed by atoms with van der Waals surface area (Å²) < 4.78 is 0. The minimum Gasteiger partial charge on any atom is -0.478 e. The van der Waals surface area contributed by atoms with Gasteiger partial charge in [-0.2, -0.15) is 0 Å². The predicted octanol–water partition coefficient (Wildman–Crippen LogP) is 4.58. The zero-order chi connectivity index (χ0) is 20.5. The van der Waals surface area contributed by atoms with Crippen LogP contribution in [0.5, 0.6) is 0 Å². The molecule has 2 N–H and O–H groups in total. The Kier molecular flexibility index (Phi) is 5.69. The predicted molar refractivity (Wildman–Crippen MR) is 111 cm³/mol. The van der Waals surface area contributed by atoms with Crippen molar-refractivity contribution in [3.05, 3.63) is 47.0 Å². The number of hydrogen-bond donors (Lipinski definition) is 2. The number of carboxylic acids is 1. The lowest BCUT2D eigenvalue weighted by molar-refractivity contribution is -0.131. The van der Waals surface area contributed by atoms with E-state index in [0.29, 0.717) is 18.4 Å². The normalized spacial score (nSPS) is 29.4. The van der Waals surface area contributed by atoms with Crippen LogP contribution >= 0.6 is 0 Å². The molecule has 0 saturated heterocycles. The standard InChI is InChI=1S/C24H33NO3/c1-16(2)17-6-8-19-18(14-17)7-9-20-23(3,12-5-13-24(19,20)4)15-25-21(26)10-11-22(27)28/h6,8,10-11,14,16,20H,5,7,9,12-13,15H2,1-4H3,(H,25,26)(H,27,28)/b11-10+/t20-,23-,24-/m1/s1. The van der Waals surface area contributed by atoms with Crippen molar-refractivity contribution in [2.45, 2.75) is 71.1 Å². The number of nitrogens with one attached hydrogen (secondary N) is 1. The van der Waals surface area contributed by atoms with E-state index in [9.17, 15) is 9.59 Å². The number of rotatable bonds is 5. The quantitative estimate of drug-likeness (QED) is 0.732. The summed E-state index contributed by atoms with van der Waals surface area (Å²) in [5.41, 5.74) is 4.57. The van der Waals surface area contributed by atoms with Gasteiger partial charge < -0.3 is 10.4 Å². The Morgan fingerprint density at radius 3 is 2.68 bits per heavy atom. The van der Waals surface area contributed by atoms with Gasteiger partial charge >= 0.3 is 5.97 Å². The second-order valence-electron chi connectivity index (χ2n) is 9.48. The van der Waals surface area contributed by atoms with Gasteiger partial charge in [-0.05, 0) is 65.0 Å². The third-order valence-corrected chi connectivity index (χ3v) is 7.21. The second kappa shape index (κ2) is 7.73. The first-order valence-electron chi connectivity index (χ1n) is 10.5. The van der Waals surface area contributed by atoms with E-state index >= 15 is 0 Å². The Morgan fingerprint density at radius 2 is 2.00 bits per heavy atom. The van der Waals surface area contributed by atoms with Gasteiger partial charge in [0, 0.05) is 18.7 Å². The van der Waals surface area contributed by atoms with Gasteiger partial charge in [0.1, 0.15) is 0 Å². The summed E-state index contributed by atoms with van der Waals surface area (Å²) in [4.78, 5) is 22.6. The summed E-state index contributed by atoms with van der Waals surface area (Å²) in [7, 11) is 0. The molecule has 0 bridgehead atoms. The Morgan fingerprint density at radius 1 is 1.25 bits per heavy atom. The van der Waals surface area contributed by atoms with Crippen LogP contribution in [0.2, 0.25) is 0 Å². The number of carbonyl (C=O) groups excluding carboxylic acids is 1. The highest BCUT2D eigenvalue weighted by atomic mass is 16.4. The first kappa shape index (κ1) is 20.6. The molecule has 2 aliphatic carbocycles. The molecule has 4 nitrogen and oxygen atoms in total. The van der Waals surface area contributed by atoms with Crippen LogP contribution in [0.15, 0.2) is 30.4 Å². The molecular weight excluding hydrogens is 350 g/mol. The molecule has 1 fully saturated rings. The van der Waals surface area contributed by atoms with Crippen molar-refractivity contribution in [2.24, 2.45) is 11.3 Å². The van der Waals surface area contributed by atoms with E-state index in [1.807, 2.05) is 0 Å². The van der Waals surface area contributed by atoms with E-state index in [4.69, 9.17) is 5.11 Å². The summed E-state index contributed by atoms with van der Waals surface area (Å²) in [6, 6.07) is 7.06. The molecule has 0 radical (unpaired) electrons. The van der Waals surface area contributed by atoms with Crippen LogP contribution in [0.1, 0.15) is 76.0 Å². The van der Waals surface area contributed by atoms with Gasteiger partial charge in [0.2, 0.25) is 5.91 Å². The molecule has 0 aromatic heterocycles. The van der Waals surface area contributed by atoms with Gasteiger partial charge in [-0.25, -0.2) is 4.79 Å². The fourth-order valence-corrected chi connectivity index (χ4v) is 5.71. The third-order valence-electron chi connectivity index (χ3n) is 7.21. The van der Waals surface area contributed by atoms with Gasteiger partial charge in [0.15, 0.2) is 0 Å². The van der Waals surface area contributed by atoms with Gasteiger partial charge in [0.05, 0.1) is 0 Å². The maximum absolute atomic E-state index is 12.0. The number of carbonyl (C=O) groups is 2. The lowest BCUT2D eigenvalue weighted by Crippen LogP contribution is -2.53. The van der Waals surface area contributed by atoms with E-state index in [-0.39, 0.29) is 16.7 Å². The molecule has 1 saturated carbocycles. The number of amides is 1. The van der Waals surface area contributed by atoms with Crippen LogP contribution in [-0.2, 0) is 21.4 Å². The van der Waals surface area contributed by atoms with E-state index in [0.717, 1.165) is 37.8 Å². The van der Waals surface area contributed by atoms with Gasteiger partial charge in [-0.1, -0.05) is 52.3 Å². The first-order valence-corrected chi connectivity index (χ1v) is 10.5. The minimum atomic E-state index is -1.10. The van der Waals surface area contributed by atoms with Crippen molar-refractivity contribution in [1.29, 1.82) is 0 Å². The van der Waals surface area contributed by atoms with Gasteiger partial charge in [-0.15, -0.1) is 0 Å². The fourth-order valence-electron chi connectivity index (χ4n) is 5.71. The number of aryl methyl sites for hydroxylation is 1. The molecule has 0 spiro atoms. The van der Waals surface area contributed by atoms with Crippen LogP contribution in [0.3, 0.4) is 0 Å². The molecule has 2 aliphatic rings. The van der Waals surface area contributed by atoms with Crippen LogP contribution in [0.4, 0.5) is 0 Å². The molecule has 1 aromatic rings. The van der Waals surface area contributed by atoms with Crippen LogP contribution < -0.4 is 5.32 Å². The van der Waals surface area contributed by atoms with Crippen molar-refractivity contribution in [2.75, 3.05) is 6.54 Å². The number of benzene rings is 1. The fraction of sp³-hybridized carbons (Fsp3) is 0.583. The van der Waals surface area contributed by atoms with Crippen LogP contribution in [0, 0.1) is 11.3 Å². The van der Waals surface area contributed by atoms with Crippen molar-refractivity contribution >= 4 is 11.9 Å². The minimum absolute atomic E-state index is 0.0220. The van der Waals surface area contributed by atoms with Crippen molar-refractivity contribution in [1.82, 2.24) is 5.32 Å². The number of hydrogen-bond acceptors (Lipinski definition) is 2. The highest BCUT2D eigenvalue weighted by Gasteiger charge is 2.51. The Hall–Kier alpha value is -2.10. The summed E-state index contributed by atoms with van der Waals surface area (Å²) in [6.45, 7) is 9.79. The van der Waals surface area contributed by atoms with E-state index in [1.54, 1.807) is 0 Å². The molecule has 152 valence electrons. The number of fused-ring (bicyclic) bond motifs is 3. The largest absolute Gasteiger partial charge is 0.478 e. The lowest BCUT2D eigenvalue weighted by Gasteiger charge is -2.55. The Labute approximate surface area is 168 Å². The monoisotopic (exact) mass is 383 g/mol. The smallest absolute Gasteiger partial charge is 0.328 e. The van der Waals surface area contributed by atoms with E-state index < -0.39 is 5.97 Å². The molecule has 3 rings (SSSR count). The van der Waals surface area contributed by atoms with Gasteiger partial charge in [0.25, 0.3) is 0 Å². The van der Waals surface area contributed by atoms with Crippen molar-refractivity contribution in [3.63, 3.8) is 0 Å². The van der Waals surface area contributed by atoms with E-state index in [1.165, 1.54) is 23.1 Å². The molecule has 1 aromatic carbocycles. The molecule has 0 unspecified atom stereocenters. The van der Waals surface area contributed by atoms with Crippen molar-refractivity contribution < 1.29 is 14.7 Å². The molecular formula is C24H33NO3. The van der Waals surface area contributed by atoms with Crippen LogP contribution in [0.25, 0.3) is 0 Å². The highest BCUT2D eigenvalue weighted by molar-refractivity contribution is 5.93. The molecule has 4 heteroatoms. The zero-order valence-electron chi connectivity index (χ0n) is 17.5. The average molecular weight is 384 g/mol. The van der Waals surface area contributed by atoms with E-state index in [2.05, 4.69) is 51.2 Å².